The van der Waals surface area contributed by atoms with Crippen LogP contribution in [0.1, 0.15) is 36.0 Å². The lowest BCUT2D eigenvalue weighted by Gasteiger charge is -2.29. The number of aromatic nitrogens is 2. The number of amides is 1. The molecule has 4 rings (SSSR count). The Morgan fingerprint density at radius 3 is 2.66 bits per heavy atom. The van der Waals surface area contributed by atoms with Gasteiger partial charge in [-0.25, -0.2) is 14.4 Å². The molecule has 1 amide bonds. The maximum absolute atomic E-state index is 13.1. The van der Waals surface area contributed by atoms with Gasteiger partial charge in [-0.15, -0.1) is 11.3 Å². The van der Waals surface area contributed by atoms with E-state index in [1.54, 1.807) is 41.8 Å². The summed E-state index contributed by atoms with van der Waals surface area (Å²) in [6.45, 7) is 0. The molecule has 0 aliphatic heterocycles. The minimum absolute atomic E-state index is 0.00659. The number of carbonyl (C=O) groups is 1. The summed E-state index contributed by atoms with van der Waals surface area (Å²) in [5.74, 6) is -0.487. The van der Waals surface area contributed by atoms with Crippen LogP contribution in [0.2, 0.25) is 0 Å². The number of benzene rings is 1. The highest BCUT2D eigenvalue weighted by molar-refractivity contribution is 7.14. The highest BCUT2D eigenvalue weighted by atomic mass is 32.1. The monoisotopic (exact) mass is 412 g/mol. The summed E-state index contributed by atoms with van der Waals surface area (Å²) in [6.07, 6.45) is 5.15. The van der Waals surface area contributed by atoms with Crippen LogP contribution in [0.4, 0.5) is 9.52 Å². The third-order valence-corrected chi connectivity index (χ3v) is 5.73. The van der Waals surface area contributed by atoms with E-state index >= 15 is 0 Å². The van der Waals surface area contributed by atoms with Crippen LogP contribution in [0.3, 0.4) is 0 Å². The number of thiazole rings is 1. The van der Waals surface area contributed by atoms with Crippen molar-refractivity contribution in [2.75, 3.05) is 5.32 Å². The Labute approximate surface area is 172 Å². The first-order valence-electron chi connectivity index (χ1n) is 9.48. The maximum Gasteiger partial charge on any atom is 0.254 e. The van der Waals surface area contributed by atoms with Crippen LogP contribution in [0.5, 0.6) is 5.88 Å². The Hall–Kier alpha value is -3.00. The number of hydrogen-bond acceptors (Lipinski definition) is 6. The zero-order chi connectivity index (χ0) is 20.2. The first kappa shape index (κ1) is 19.3. The molecule has 6 nitrogen and oxygen atoms in total. The van der Waals surface area contributed by atoms with Gasteiger partial charge in [0.2, 0.25) is 5.88 Å². The van der Waals surface area contributed by atoms with Crippen LogP contribution in [0.15, 0.2) is 48.0 Å². The van der Waals surface area contributed by atoms with E-state index in [1.807, 2.05) is 5.38 Å². The number of carbonyl (C=O) groups excluding carboxylic acids is 1. The summed E-state index contributed by atoms with van der Waals surface area (Å²) < 4.78 is 19.0. The van der Waals surface area contributed by atoms with Crippen molar-refractivity contribution in [1.82, 2.24) is 9.97 Å². The molecule has 3 N–H and O–H groups in total. The van der Waals surface area contributed by atoms with Gasteiger partial charge in [0.1, 0.15) is 17.5 Å². The van der Waals surface area contributed by atoms with Gasteiger partial charge in [0.25, 0.3) is 5.91 Å². The molecule has 0 unspecified atom stereocenters. The number of anilines is 1. The first-order valence-corrected chi connectivity index (χ1v) is 10.4. The third kappa shape index (κ3) is 4.71. The zero-order valence-electron chi connectivity index (χ0n) is 15.7. The summed E-state index contributed by atoms with van der Waals surface area (Å²) >= 11 is 1.54. The van der Waals surface area contributed by atoms with Crippen molar-refractivity contribution >= 4 is 22.4 Å². The van der Waals surface area contributed by atoms with Crippen molar-refractivity contribution in [1.29, 1.82) is 0 Å². The van der Waals surface area contributed by atoms with Gasteiger partial charge >= 0.3 is 0 Å². The highest BCUT2D eigenvalue weighted by Gasteiger charge is 2.24. The van der Waals surface area contributed by atoms with Crippen LogP contribution in [-0.4, -0.2) is 28.0 Å². The third-order valence-electron chi connectivity index (χ3n) is 4.96. The van der Waals surface area contributed by atoms with Crippen molar-refractivity contribution in [3.8, 4) is 17.1 Å². The molecule has 150 valence electrons. The van der Waals surface area contributed by atoms with Crippen molar-refractivity contribution < 1.29 is 13.9 Å². The van der Waals surface area contributed by atoms with Crippen LogP contribution in [0.25, 0.3) is 11.3 Å². The normalized spacial score (nSPS) is 18.9. The second-order valence-electron chi connectivity index (χ2n) is 7.00. The van der Waals surface area contributed by atoms with Crippen LogP contribution >= 0.6 is 11.3 Å². The molecule has 0 atom stereocenters. The smallest absolute Gasteiger partial charge is 0.254 e. The number of primary amides is 1. The van der Waals surface area contributed by atoms with Gasteiger partial charge < -0.3 is 15.8 Å². The molecule has 8 heteroatoms. The minimum atomic E-state index is -0.538. The lowest BCUT2D eigenvalue weighted by atomic mass is 9.93. The topological polar surface area (TPSA) is 90.1 Å². The molecule has 29 heavy (non-hydrogen) atoms. The second kappa shape index (κ2) is 8.57. The van der Waals surface area contributed by atoms with E-state index in [2.05, 4.69) is 15.3 Å². The Morgan fingerprint density at radius 2 is 1.93 bits per heavy atom. The van der Waals surface area contributed by atoms with Crippen LogP contribution in [0, 0.1) is 5.82 Å². The Morgan fingerprint density at radius 1 is 1.17 bits per heavy atom. The molecule has 1 aliphatic carbocycles. The van der Waals surface area contributed by atoms with Crippen molar-refractivity contribution in [2.45, 2.75) is 37.8 Å². The average Bonchev–Trinajstić information content (AvgIpc) is 3.19. The van der Waals surface area contributed by atoms with Crippen molar-refractivity contribution in [3.05, 3.63) is 59.4 Å². The summed E-state index contributed by atoms with van der Waals surface area (Å²) in [4.78, 5) is 20.3. The number of pyridine rings is 1. The van der Waals surface area contributed by atoms with Crippen LogP contribution < -0.4 is 15.8 Å². The second-order valence-corrected chi connectivity index (χ2v) is 7.86. The fourth-order valence-electron chi connectivity index (χ4n) is 3.42. The molecular formula is C21H21FN4O2S. The van der Waals surface area contributed by atoms with E-state index < -0.39 is 5.91 Å². The van der Waals surface area contributed by atoms with Gasteiger partial charge in [-0.2, -0.15) is 0 Å². The molecule has 0 radical (unpaired) electrons. The highest BCUT2D eigenvalue weighted by Crippen LogP contribution is 2.29. The van der Waals surface area contributed by atoms with E-state index in [1.165, 1.54) is 12.1 Å². The summed E-state index contributed by atoms with van der Waals surface area (Å²) in [5, 5.41) is 6.31. The van der Waals surface area contributed by atoms with Gasteiger partial charge in [-0.1, -0.05) is 0 Å². The predicted octanol–water partition coefficient (Wildman–Crippen LogP) is 4.25. The van der Waals surface area contributed by atoms with Gasteiger partial charge in [-0.05, 0) is 62.1 Å². The number of hydrogen-bond donors (Lipinski definition) is 2. The van der Waals surface area contributed by atoms with E-state index in [0.29, 0.717) is 17.5 Å². The quantitative estimate of drug-likeness (QED) is 0.632. The fraction of sp³-hybridized carbons (Fsp3) is 0.286. The first-order chi connectivity index (χ1) is 14.1. The van der Waals surface area contributed by atoms with E-state index in [9.17, 15) is 9.18 Å². The Kier molecular flexibility index (Phi) is 5.71. The molecule has 3 aromatic rings. The molecule has 2 heterocycles. The lowest BCUT2D eigenvalue weighted by molar-refractivity contribution is 0.0983. The van der Waals surface area contributed by atoms with E-state index in [-0.39, 0.29) is 11.9 Å². The zero-order valence-corrected chi connectivity index (χ0v) is 16.5. The van der Waals surface area contributed by atoms with Gasteiger partial charge in [0, 0.05) is 23.2 Å². The maximum atomic E-state index is 13.1. The lowest BCUT2D eigenvalue weighted by Crippen LogP contribution is -2.31. The average molecular weight is 412 g/mol. The molecule has 1 aromatic carbocycles. The van der Waals surface area contributed by atoms with Gasteiger partial charge in [0.05, 0.1) is 5.69 Å². The number of rotatable bonds is 6. The molecule has 0 bridgehead atoms. The molecule has 0 spiro atoms. The number of ether oxygens (including phenoxy) is 1. The van der Waals surface area contributed by atoms with Crippen LogP contribution in [-0.2, 0) is 0 Å². The minimum Gasteiger partial charge on any atom is -0.474 e. The predicted molar refractivity (Wildman–Crippen MR) is 111 cm³/mol. The fourth-order valence-corrected chi connectivity index (χ4v) is 4.22. The molecule has 1 fully saturated rings. The molecular weight excluding hydrogens is 391 g/mol. The van der Waals surface area contributed by atoms with Crippen molar-refractivity contribution in [2.24, 2.45) is 5.73 Å². The number of halogens is 1. The Balaban J connectivity index is 1.32. The standard InChI is InChI=1S/C21H21FN4O2S/c22-14-5-3-13(4-6-14)18-12-29-21(26-18)25-15-7-9-16(10-8-15)28-20-17(19(23)27)2-1-11-24-20/h1-6,11-12,15-16H,7-10H2,(H2,23,27)(H,25,26). The van der Waals surface area contributed by atoms with Crippen molar-refractivity contribution in [3.63, 3.8) is 0 Å². The van der Waals surface area contributed by atoms with E-state index in [4.69, 9.17) is 10.5 Å². The molecule has 1 aliphatic rings. The Bertz CT molecular complexity index is 984. The summed E-state index contributed by atoms with van der Waals surface area (Å²) in [6, 6.07) is 9.94. The number of nitrogens with zero attached hydrogens (tertiary/aromatic N) is 2. The number of nitrogens with one attached hydrogen (secondary N) is 1. The number of nitrogens with two attached hydrogens (primary N) is 1. The SMILES string of the molecule is NC(=O)c1cccnc1OC1CCC(Nc2nc(-c3ccc(F)cc3)cs2)CC1. The molecule has 1 saturated carbocycles. The van der Waals surface area contributed by atoms with E-state index in [0.717, 1.165) is 42.1 Å². The molecule has 0 saturated heterocycles. The largest absolute Gasteiger partial charge is 0.474 e. The molecule has 2 aromatic heterocycles. The van der Waals surface area contributed by atoms with Gasteiger partial charge in [-0.3, -0.25) is 4.79 Å². The summed E-state index contributed by atoms with van der Waals surface area (Å²) in [7, 11) is 0. The summed E-state index contributed by atoms with van der Waals surface area (Å²) in [5.41, 5.74) is 7.43. The van der Waals surface area contributed by atoms with Gasteiger partial charge in [0.15, 0.2) is 5.13 Å².